The Kier molecular flexibility index (Phi) is 5.96. The molecule has 0 aliphatic rings. The molecule has 0 fully saturated rings. The number of hydrogen-bond donors (Lipinski definition) is 0. The third kappa shape index (κ3) is 4.81. The van der Waals surface area contributed by atoms with Gasteiger partial charge in [0.15, 0.2) is 5.78 Å². The van der Waals surface area contributed by atoms with Gasteiger partial charge in [-0.05, 0) is 60.2 Å². The van der Waals surface area contributed by atoms with Gasteiger partial charge >= 0.3 is 5.63 Å². The highest BCUT2D eigenvalue weighted by atomic mass is 79.9. The van der Waals surface area contributed by atoms with Gasteiger partial charge in [-0.1, -0.05) is 34.1 Å². The van der Waals surface area contributed by atoms with Crippen LogP contribution in [0.1, 0.15) is 15.9 Å². The van der Waals surface area contributed by atoms with E-state index < -0.39 is 16.3 Å². The molecule has 7 nitrogen and oxygen atoms in total. The molecule has 0 amide bonds. The molecule has 8 heteroatoms. The molecule has 0 aliphatic heterocycles. The highest BCUT2D eigenvalue weighted by Gasteiger charge is 2.11. The van der Waals surface area contributed by atoms with Gasteiger partial charge in [-0.15, -0.1) is 0 Å². The third-order valence-electron chi connectivity index (χ3n) is 4.55. The minimum atomic E-state index is -0.693. The van der Waals surface area contributed by atoms with Gasteiger partial charge < -0.3 is 9.15 Å². The molecule has 0 radical (unpaired) electrons. The first-order valence-electron chi connectivity index (χ1n) is 9.37. The van der Waals surface area contributed by atoms with Crippen LogP contribution in [-0.2, 0) is 0 Å². The Morgan fingerprint density at radius 1 is 0.969 bits per heavy atom. The zero-order valence-corrected chi connectivity index (χ0v) is 17.9. The van der Waals surface area contributed by atoms with Crippen molar-refractivity contribution in [1.29, 1.82) is 0 Å². The minimum Gasteiger partial charge on any atom is -0.457 e. The average Bonchev–Trinajstić information content (AvgIpc) is 2.78. The summed E-state index contributed by atoms with van der Waals surface area (Å²) in [4.78, 5) is 34.9. The van der Waals surface area contributed by atoms with Gasteiger partial charge in [0.1, 0.15) is 22.6 Å². The zero-order chi connectivity index (χ0) is 22.7. The lowest BCUT2D eigenvalue weighted by molar-refractivity contribution is -0.384. The van der Waals surface area contributed by atoms with Gasteiger partial charge in [0, 0.05) is 22.0 Å². The monoisotopic (exact) mass is 491 g/mol. The molecule has 0 unspecified atom stereocenters. The van der Waals surface area contributed by atoms with Gasteiger partial charge in [-0.3, -0.25) is 14.9 Å². The van der Waals surface area contributed by atoms with Gasteiger partial charge in [0.25, 0.3) is 5.69 Å². The number of nitro groups is 1. The van der Waals surface area contributed by atoms with E-state index in [2.05, 4.69) is 15.9 Å². The summed E-state index contributed by atoms with van der Waals surface area (Å²) in [7, 11) is 0. The molecule has 3 aromatic carbocycles. The SMILES string of the molecule is O=C(/C=C/c1ccc(Oc2ccc([N+](=O)[O-])cc2)cc1)c1cc2cc(Br)ccc2oc1=O. The van der Waals surface area contributed by atoms with Gasteiger partial charge in [0.05, 0.1) is 4.92 Å². The van der Waals surface area contributed by atoms with E-state index in [1.54, 1.807) is 48.5 Å². The van der Waals surface area contributed by atoms with Crippen molar-refractivity contribution in [3.8, 4) is 11.5 Å². The second-order valence-corrected chi connectivity index (χ2v) is 7.67. The topological polar surface area (TPSA) is 99.7 Å². The third-order valence-corrected chi connectivity index (χ3v) is 5.04. The summed E-state index contributed by atoms with van der Waals surface area (Å²) in [6.45, 7) is 0. The molecule has 0 N–H and O–H groups in total. The van der Waals surface area contributed by atoms with Crippen molar-refractivity contribution < 1.29 is 18.9 Å². The van der Waals surface area contributed by atoms with Crippen LogP contribution in [0.3, 0.4) is 0 Å². The molecule has 0 saturated carbocycles. The Hall–Kier alpha value is -4.04. The second kappa shape index (κ2) is 8.99. The van der Waals surface area contributed by atoms with Crippen molar-refractivity contribution in [2.24, 2.45) is 0 Å². The number of nitrogens with zero attached hydrogens (tertiary/aromatic N) is 1. The van der Waals surface area contributed by atoms with E-state index in [4.69, 9.17) is 9.15 Å². The number of rotatable bonds is 6. The number of carbonyl (C=O) groups excluding carboxylic acids is 1. The Balaban J connectivity index is 1.47. The molecule has 0 spiro atoms. The molecule has 32 heavy (non-hydrogen) atoms. The lowest BCUT2D eigenvalue weighted by Crippen LogP contribution is -2.11. The van der Waals surface area contributed by atoms with Crippen LogP contribution in [0.25, 0.3) is 17.0 Å². The maximum atomic E-state index is 12.5. The number of nitro benzene ring substituents is 1. The van der Waals surface area contributed by atoms with Crippen molar-refractivity contribution >= 4 is 44.4 Å². The standard InChI is InChI=1S/C24H14BrNO6/c25-17-4-12-23-16(13-17)14-21(24(28)32-23)22(27)11-3-15-1-7-19(8-2-15)31-20-9-5-18(6-10-20)26(29)30/h1-14H/b11-3+. The molecule has 0 aliphatic carbocycles. The molecular weight excluding hydrogens is 478 g/mol. The quantitative estimate of drug-likeness (QED) is 0.105. The van der Waals surface area contributed by atoms with Crippen molar-refractivity contribution in [2.75, 3.05) is 0 Å². The van der Waals surface area contributed by atoms with Crippen LogP contribution < -0.4 is 10.4 Å². The Morgan fingerprint density at radius 2 is 1.62 bits per heavy atom. The van der Waals surface area contributed by atoms with Crippen molar-refractivity contribution in [1.82, 2.24) is 0 Å². The van der Waals surface area contributed by atoms with Crippen molar-refractivity contribution in [3.63, 3.8) is 0 Å². The molecule has 0 bridgehead atoms. The Labute approximate surface area is 189 Å². The first-order chi connectivity index (χ1) is 15.4. The number of fused-ring (bicyclic) bond motifs is 1. The predicted octanol–water partition coefficient (Wildman–Crippen LogP) is 6.15. The van der Waals surface area contributed by atoms with Gasteiger partial charge in [-0.25, -0.2) is 4.79 Å². The molecule has 4 rings (SSSR count). The summed E-state index contributed by atoms with van der Waals surface area (Å²) in [5.41, 5.74) is 0.367. The van der Waals surface area contributed by atoms with Gasteiger partial charge in [-0.2, -0.15) is 0 Å². The summed E-state index contributed by atoms with van der Waals surface area (Å²) in [5.74, 6) is 0.527. The normalized spacial score (nSPS) is 11.0. The van der Waals surface area contributed by atoms with Crippen LogP contribution in [0.5, 0.6) is 11.5 Å². The maximum Gasteiger partial charge on any atom is 0.347 e. The Bertz CT molecular complexity index is 1410. The highest BCUT2D eigenvalue weighted by molar-refractivity contribution is 9.10. The fraction of sp³-hybridized carbons (Fsp3) is 0. The number of ether oxygens (including phenoxy) is 1. The van der Waals surface area contributed by atoms with Crippen LogP contribution >= 0.6 is 15.9 Å². The fourth-order valence-corrected chi connectivity index (χ4v) is 3.33. The van der Waals surface area contributed by atoms with E-state index in [9.17, 15) is 19.7 Å². The first-order valence-corrected chi connectivity index (χ1v) is 10.2. The van der Waals surface area contributed by atoms with Crippen LogP contribution in [0.2, 0.25) is 0 Å². The van der Waals surface area contributed by atoms with Crippen LogP contribution in [-0.4, -0.2) is 10.7 Å². The smallest absolute Gasteiger partial charge is 0.347 e. The Morgan fingerprint density at radius 3 is 2.28 bits per heavy atom. The predicted molar refractivity (Wildman–Crippen MR) is 123 cm³/mol. The zero-order valence-electron chi connectivity index (χ0n) is 16.4. The van der Waals surface area contributed by atoms with Crippen molar-refractivity contribution in [2.45, 2.75) is 0 Å². The number of ketones is 1. The van der Waals surface area contributed by atoms with E-state index in [0.29, 0.717) is 22.5 Å². The first kappa shape index (κ1) is 21.2. The number of hydrogen-bond acceptors (Lipinski definition) is 6. The lowest BCUT2D eigenvalue weighted by atomic mass is 10.1. The molecule has 0 atom stereocenters. The summed E-state index contributed by atoms with van der Waals surface area (Å²) < 4.78 is 11.7. The molecule has 0 saturated heterocycles. The van der Waals surface area contributed by atoms with Crippen molar-refractivity contribution in [3.05, 3.63) is 115 Å². The van der Waals surface area contributed by atoms with E-state index in [0.717, 1.165) is 10.0 Å². The molecule has 1 aromatic heterocycles. The fourth-order valence-electron chi connectivity index (χ4n) is 2.95. The number of carbonyl (C=O) groups is 1. The van der Waals surface area contributed by atoms with Crippen LogP contribution in [0.15, 0.2) is 92.6 Å². The summed E-state index contributed by atoms with van der Waals surface area (Å²) >= 11 is 3.35. The van der Waals surface area contributed by atoms with E-state index in [-0.39, 0.29) is 11.3 Å². The summed E-state index contributed by atoms with van der Waals surface area (Å²) in [6.07, 6.45) is 2.89. The summed E-state index contributed by atoms with van der Waals surface area (Å²) in [5, 5.41) is 11.3. The lowest BCUT2D eigenvalue weighted by Gasteiger charge is -2.05. The maximum absolute atomic E-state index is 12.5. The number of non-ortho nitro benzene ring substituents is 1. The second-order valence-electron chi connectivity index (χ2n) is 6.75. The summed E-state index contributed by atoms with van der Waals surface area (Å²) in [6, 6.07) is 19.3. The molecular formula is C24H14BrNO6. The van der Waals surface area contributed by atoms with E-state index in [1.165, 1.54) is 36.4 Å². The van der Waals surface area contributed by atoms with Crippen LogP contribution in [0.4, 0.5) is 5.69 Å². The number of benzene rings is 3. The number of halogens is 1. The highest BCUT2D eigenvalue weighted by Crippen LogP contribution is 2.24. The average molecular weight is 492 g/mol. The van der Waals surface area contributed by atoms with E-state index >= 15 is 0 Å². The molecule has 1 heterocycles. The van der Waals surface area contributed by atoms with E-state index in [1.807, 2.05) is 0 Å². The molecule has 158 valence electrons. The van der Waals surface area contributed by atoms with Crippen LogP contribution in [0, 0.1) is 10.1 Å². The minimum absolute atomic E-state index is 0.0180. The number of allylic oxidation sites excluding steroid dienone is 1. The largest absolute Gasteiger partial charge is 0.457 e. The molecule has 4 aromatic rings. The van der Waals surface area contributed by atoms with Gasteiger partial charge in [0.2, 0.25) is 0 Å².